The van der Waals surface area contributed by atoms with E-state index in [9.17, 15) is 14.3 Å². The first-order valence-corrected chi connectivity index (χ1v) is 5.63. The zero-order chi connectivity index (χ0) is 11.1. The van der Waals surface area contributed by atoms with Crippen molar-refractivity contribution >= 4 is 5.91 Å². The quantitative estimate of drug-likeness (QED) is 0.766. The number of nitrogens with zero attached hydrogens (tertiary/aromatic N) is 1. The molecule has 2 aliphatic rings. The number of carbonyl (C=O) groups is 1. The summed E-state index contributed by atoms with van der Waals surface area (Å²) in [6, 6.07) is 0. The van der Waals surface area contributed by atoms with Crippen LogP contribution >= 0.6 is 0 Å². The van der Waals surface area contributed by atoms with Crippen molar-refractivity contribution in [2.75, 3.05) is 19.8 Å². The molecule has 1 heterocycles. The number of β-amino-alcohol motifs (C(OH)–C–C–N with tert-alkyl or cyclic N) is 1. The van der Waals surface area contributed by atoms with Crippen LogP contribution < -0.4 is 0 Å². The number of halogens is 1. The molecule has 0 radical (unpaired) electrons. The van der Waals surface area contributed by atoms with Gasteiger partial charge in [-0.25, -0.2) is 4.39 Å². The van der Waals surface area contributed by atoms with E-state index in [1.54, 1.807) is 4.90 Å². The predicted molar refractivity (Wildman–Crippen MR) is 54.1 cm³/mol. The molecule has 0 aromatic rings. The van der Waals surface area contributed by atoms with Gasteiger partial charge >= 0.3 is 0 Å². The standard InChI is InChI=1S/C11H18FNO2/c1-2-11(15)7-13(8-11)9(14)10(6-12)4-3-5-10/h15H,2-8H2,1H3. The molecule has 0 spiro atoms. The zero-order valence-corrected chi connectivity index (χ0v) is 9.13. The highest BCUT2D eigenvalue weighted by atomic mass is 19.1. The average Bonchev–Trinajstić information content (AvgIpc) is 2.12. The Morgan fingerprint density at radius 1 is 1.47 bits per heavy atom. The third kappa shape index (κ3) is 1.55. The summed E-state index contributed by atoms with van der Waals surface area (Å²) in [5, 5.41) is 9.78. The van der Waals surface area contributed by atoms with Crippen molar-refractivity contribution < 1.29 is 14.3 Å². The third-order valence-electron chi connectivity index (χ3n) is 3.94. The molecule has 1 N–H and O–H groups in total. The van der Waals surface area contributed by atoms with Gasteiger partial charge in [0.25, 0.3) is 0 Å². The molecule has 2 rings (SSSR count). The Labute approximate surface area is 89.3 Å². The summed E-state index contributed by atoms with van der Waals surface area (Å²) in [7, 11) is 0. The molecule has 1 saturated heterocycles. The van der Waals surface area contributed by atoms with Gasteiger partial charge in [0, 0.05) is 0 Å². The largest absolute Gasteiger partial charge is 0.386 e. The highest BCUT2D eigenvalue weighted by Gasteiger charge is 2.52. The van der Waals surface area contributed by atoms with Crippen LogP contribution in [0, 0.1) is 5.41 Å². The van der Waals surface area contributed by atoms with Crippen LogP contribution in [0.4, 0.5) is 4.39 Å². The van der Waals surface area contributed by atoms with Crippen LogP contribution in [0.2, 0.25) is 0 Å². The molecule has 0 aromatic heterocycles. The second kappa shape index (κ2) is 3.44. The smallest absolute Gasteiger partial charge is 0.231 e. The van der Waals surface area contributed by atoms with Crippen LogP contribution in [0.25, 0.3) is 0 Å². The lowest BCUT2D eigenvalue weighted by Gasteiger charge is -2.51. The number of hydrogen-bond acceptors (Lipinski definition) is 2. The molecule has 15 heavy (non-hydrogen) atoms. The fraction of sp³-hybridized carbons (Fsp3) is 0.909. The molecule has 0 unspecified atom stereocenters. The van der Waals surface area contributed by atoms with E-state index < -0.39 is 17.7 Å². The fourth-order valence-corrected chi connectivity index (χ4v) is 2.38. The van der Waals surface area contributed by atoms with Gasteiger partial charge in [0.15, 0.2) is 0 Å². The SMILES string of the molecule is CCC1(O)CN(C(=O)C2(CF)CCC2)C1. The van der Waals surface area contributed by atoms with Crippen LogP contribution in [-0.4, -0.2) is 41.3 Å². The van der Waals surface area contributed by atoms with E-state index in [-0.39, 0.29) is 5.91 Å². The summed E-state index contributed by atoms with van der Waals surface area (Å²) in [5.74, 6) is -0.0885. The van der Waals surface area contributed by atoms with Crippen molar-refractivity contribution in [1.82, 2.24) is 4.90 Å². The molecule has 1 saturated carbocycles. The number of hydrogen-bond donors (Lipinski definition) is 1. The van der Waals surface area contributed by atoms with Gasteiger partial charge < -0.3 is 10.0 Å². The third-order valence-corrected chi connectivity index (χ3v) is 3.94. The summed E-state index contributed by atoms with van der Waals surface area (Å²) >= 11 is 0. The maximum Gasteiger partial charge on any atom is 0.231 e. The molecular weight excluding hydrogens is 197 g/mol. The molecule has 1 aliphatic carbocycles. The summed E-state index contributed by atoms with van der Waals surface area (Å²) in [5.41, 5.74) is -1.44. The topological polar surface area (TPSA) is 40.5 Å². The van der Waals surface area contributed by atoms with Crippen LogP contribution in [-0.2, 0) is 4.79 Å². The molecule has 4 heteroatoms. The number of alkyl halides is 1. The second-order valence-electron chi connectivity index (χ2n) is 5.01. The van der Waals surface area contributed by atoms with Crippen LogP contribution in [0.1, 0.15) is 32.6 Å². The average molecular weight is 215 g/mol. The Balaban J connectivity index is 1.94. The molecule has 2 fully saturated rings. The number of aliphatic hydroxyl groups is 1. The molecule has 3 nitrogen and oxygen atoms in total. The summed E-state index contributed by atoms with van der Waals surface area (Å²) in [6.45, 7) is 2.11. The molecular formula is C11H18FNO2. The van der Waals surface area contributed by atoms with Gasteiger partial charge in [-0.05, 0) is 19.3 Å². The summed E-state index contributed by atoms with van der Waals surface area (Å²) < 4.78 is 12.8. The number of rotatable bonds is 3. The Kier molecular flexibility index (Phi) is 2.49. The number of carbonyl (C=O) groups excluding carboxylic acids is 1. The van der Waals surface area contributed by atoms with E-state index in [0.717, 1.165) is 6.42 Å². The number of amides is 1. The Hall–Kier alpha value is -0.640. The van der Waals surface area contributed by atoms with Crippen molar-refractivity contribution in [1.29, 1.82) is 0 Å². The van der Waals surface area contributed by atoms with Crippen molar-refractivity contribution in [3.8, 4) is 0 Å². The van der Waals surface area contributed by atoms with E-state index in [2.05, 4.69) is 0 Å². The second-order valence-corrected chi connectivity index (χ2v) is 5.01. The lowest BCUT2D eigenvalue weighted by molar-refractivity contribution is -0.172. The minimum atomic E-state index is -0.727. The minimum Gasteiger partial charge on any atom is -0.386 e. The molecule has 86 valence electrons. The Morgan fingerprint density at radius 2 is 2.07 bits per heavy atom. The van der Waals surface area contributed by atoms with Crippen molar-refractivity contribution in [2.24, 2.45) is 5.41 Å². The van der Waals surface area contributed by atoms with Crippen LogP contribution in [0.5, 0.6) is 0 Å². The van der Waals surface area contributed by atoms with Crippen molar-refractivity contribution in [3.63, 3.8) is 0 Å². The molecule has 0 atom stereocenters. The molecule has 1 amide bonds. The van der Waals surface area contributed by atoms with E-state index >= 15 is 0 Å². The van der Waals surface area contributed by atoms with Gasteiger partial charge in [-0.1, -0.05) is 13.3 Å². The minimum absolute atomic E-state index is 0.0885. The first kappa shape index (κ1) is 10.9. The van der Waals surface area contributed by atoms with Crippen molar-refractivity contribution in [2.45, 2.75) is 38.2 Å². The normalized spacial score (nSPS) is 26.7. The lowest BCUT2D eigenvalue weighted by Crippen LogP contribution is -2.66. The monoisotopic (exact) mass is 215 g/mol. The Morgan fingerprint density at radius 3 is 2.40 bits per heavy atom. The Bertz CT molecular complexity index is 264. The highest BCUT2D eigenvalue weighted by molar-refractivity contribution is 5.84. The molecule has 0 bridgehead atoms. The maximum absolute atomic E-state index is 12.8. The predicted octanol–water partition coefficient (Wildman–Crippen LogP) is 1.11. The van der Waals surface area contributed by atoms with E-state index in [1.807, 2.05) is 6.92 Å². The zero-order valence-electron chi connectivity index (χ0n) is 9.13. The van der Waals surface area contributed by atoms with Gasteiger partial charge in [0.05, 0.1) is 24.1 Å². The van der Waals surface area contributed by atoms with Gasteiger partial charge in [-0.2, -0.15) is 0 Å². The van der Waals surface area contributed by atoms with E-state index in [0.29, 0.717) is 32.4 Å². The van der Waals surface area contributed by atoms with Crippen LogP contribution in [0.15, 0.2) is 0 Å². The van der Waals surface area contributed by atoms with Gasteiger partial charge in [-0.3, -0.25) is 4.79 Å². The first-order chi connectivity index (χ1) is 7.05. The highest BCUT2D eigenvalue weighted by Crippen LogP contribution is 2.44. The maximum atomic E-state index is 12.8. The van der Waals surface area contributed by atoms with Crippen molar-refractivity contribution in [3.05, 3.63) is 0 Å². The van der Waals surface area contributed by atoms with E-state index in [4.69, 9.17) is 0 Å². The first-order valence-electron chi connectivity index (χ1n) is 5.63. The van der Waals surface area contributed by atoms with Gasteiger partial charge in [0.1, 0.15) is 6.67 Å². The summed E-state index contributed by atoms with van der Waals surface area (Å²) in [6.07, 6.45) is 2.94. The van der Waals surface area contributed by atoms with Crippen LogP contribution in [0.3, 0.4) is 0 Å². The van der Waals surface area contributed by atoms with Gasteiger partial charge in [-0.15, -0.1) is 0 Å². The van der Waals surface area contributed by atoms with E-state index in [1.165, 1.54) is 0 Å². The lowest BCUT2D eigenvalue weighted by atomic mass is 9.68. The molecule has 0 aromatic carbocycles. The molecule has 1 aliphatic heterocycles. The number of likely N-dealkylation sites (tertiary alicyclic amines) is 1. The fourth-order valence-electron chi connectivity index (χ4n) is 2.38. The summed E-state index contributed by atoms with van der Waals surface area (Å²) in [4.78, 5) is 13.5. The van der Waals surface area contributed by atoms with Gasteiger partial charge in [0.2, 0.25) is 5.91 Å².